The zero-order valence-electron chi connectivity index (χ0n) is 9.61. The van der Waals surface area contributed by atoms with Crippen LogP contribution in [0.25, 0.3) is 0 Å². The van der Waals surface area contributed by atoms with E-state index >= 15 is 0 Å². The first-order valence-electron chi connectivity index (χ1n) is 5.15. The third-order valence-electron chi connectivity index (χ3n) is 1.99. The van der Waals surface area contributed by atoms with Gasteiger partial charge in [-0.3, -0.25) is 0 Å². The van der Waals surface area contributed by atoms with E-state index < -0.39 is 14.9 Å². The highest BCUT2D eigenvalue weighted by molar-refractivity contribution is 8.13. The van der Waals surface area contributed by atoms with Crippen LogP contribution in [0, 0.1) is 5.82 Å². The maximum Gasteiger partial charge on any atom is 0.232 e. The molecular formula is C11H14ClFO3S. The van der Waals surface area contributed by atoms with Crippen LogP contribution in [0.5, 0.6) is 5.75 Å². The van der Waals surface area contributed by atoms with Crippen molar-refractivity contribution in [3.8, 4) is 5.75 Å². The van der Waals surface area contributed by atoms with Crippen LogP contribution in [-0.2, 0) is 15.5 Å². The molecule has 0 bridgehead atoms. The van der Waals surface area contributed by atoms with Crippen LogP contribution in [0.3, 0.4) is 0 Å². The van der Waals surface area contributed by atoms with Crippen molar-refractivity contribution in [1.82, 2.24) is 0 Å². The Morgan fingerprint density at radius 2 is 2.06 bits per heavy atom. The molecule has 0 unspecified atom stereocenters. The first-order chi connectivity index (χ1) is 7.78. The quantitative estimate of drug-likeness (QED) is 0.779. The molecule has 0 aliphatic carbocycles. The van der Waals surface area contributed by atoms with Crippen LogP contribution in [0.2, 0.25) is 0 Å². The zero-order valence-corrected chi connectivity index (χ0v) is 11.2. The van der Waals surface area contributed by atoms with E-state index in [-0.39, 0.29) is 24.0 Å². The molecule has 0 saturated heterocycles. The molecule has 0 atom stereocenters. The van der Waals surface area contributed by atoms with Crippen LogP contribution < -0.4 is 4.74 Å². The molecule has 0 aromatic heterocycles. The molecule has 0 N–H and O–H groups in total. The molecule has 6 heteroatoms. The highest BCUT2D eigenvalue weighted by Crippen LogP contribution is 2.20. The lowest BCUT2D eigenvalue weighted by Crippen LogP contribution is -2.07. The number of aryl methyl sites for hydroxylation is 1. The van der Waals surface area contributed by atoms with E-state index in [1.807, 2.05) is 0 Å². The first kappa shape index (κ1) is 14.3. The topological polar surface area (TPSA) is 43.4 Å². The van der Waals surface area contributed by atoms with Gasteiger partial charge in [-0.2, -0.15) is 0 Å². The van der Waals surface area contributed by atoms with Gasteiger partial charge in [-0.05, 0) is 38.0 Å². The summed E-state index contributed by atoms with van der Waals surface area (Å²) in [6.45, 7) is 3.60. The standard InChI is InChI=1S/C11H14ClFO3S/c1-8(2)16-11-4-3-9(7-10(11)13)5-6-17(12,14)15/h3-4,7-8H,5-6H2,1-2H3. The molecule has 0 aliphatic rings. The van der Waals surface area contributed by atoms with Crippen LogP contribution in [-0.4, -0.2) is 20.3 Å². The first-order valence-corrected chi connectivity index (χ1v) is 7.63. The van der Waals surface area contributed by atoms with Gasteiger partial charge in [0.2, 0.25) is 9.05 Å². The van der Waals surface area contributed by atoms with Crippen molar-refractivity contribution >= 4 is 19.7 Å². The summed E-state index contributed by atoms with van der Waals surface area (Å²) in [4.78, 5) is 0. The Morgan fingerprint density at radius 1 is 1.41 bits per heavy atom. The van der Waals surface area contributed by atoms with Gasteiger partial charge in [0.15, 0.2) is 11.6 Å². The van der Waals surface area contributed by atoms with Crippen molar-refractivity contribution in [2.75, 3.05) is 5.75 Å². The molecule has 3 nitrogen and oxygen atoms in total. The summed E-state index contributed by atoms with van der Waals surface area (Å²) in [5, 5.41) is 0. The minimum Gasteiger partial charge on any atom is -0.488 e. The molecule has 0 aliphatic heterocycles. The number of rotatable bonds is 5. The van der Waals surface area contributed by atoms with Crippen LogP contribution in [0.1, 0.15) is 19.4 Å². The SMILES string of the molecule is CC(C)Oc1ccc(CCS(=O)(=O)Cl)cc1F. The molecular weight excluding hydrogens is 267 g/mol. The number of hydrogen-bond donors (Lipinski definition) is 0. The largest absolute Gasteiger partial charge is 0.488 e. The predicted molar refractivity (Wildman–Crippen MR) is 65.5 cm³/mol. The zero-order chi connectivity index (χ0) is 13.1. The van der Waals surface area contributed by atoms with E-state index in [2.05, 4.69) is 0 Å². The summed E-state index contributed by atoms with van der Waals surface area (Å²) >= 11 is 0. The van der Waals surface area contributed by atoms with Gasteiger partial charge >= 0.3 is 0 Å². The molecule has 0 saturated carbocycles. The molecule has 96 valence electrons. The maximum atomic E-state index is 13.5. The van der Waals surface area contributed by atoms with Gasteiger partial charge in [0.1, 0.15) is 0 Å². The number of ether oxygens (including phenoxy) is 1. The highest BCUT2D eigenvalue weighted by Gasteiger charge is 2.09. The second-order valence-electron chi connectivity index (χ2n) is 3.92. The Bertz CT molecular complexity index is 485. The Labute approximate surface area is 105 Å². The molecule has 0 spiro atoms. The van der Waals surface area contributed by atoms with Crippen LogP contribution in [0.4, 0.5) is 4.39 Å². The van der Waals surface area contributed by atoms with Crippen molar-refractivity contribution in [3.05, 3.63) is 29.6 Å². The molecule has 0 radical (unpaired) electrons. The van der Waals surface area contributed by atoms with E-state index in [9.17, 15) is 12.8 Å². The van der Waals surface area contributed by atoms with E-state index in [0.717, 1.165) is 0 Å². The fraction of sp³-hybridized carbons (Fsp3) is 0.455. The second-order valence-corrected chi connectivity index (χ2v) is 6.82. The van der Waals surface area contributed by atoms with Gasteiger partial charge in [0.25, 0.3) is 0 Å². The number of benzene rings is 1. The van der Waals surface area contributed by atoms with Crippen molar-refractivity contribution in [1.29, 1.82) is 0 Å². The summed E-state index contributed by atoms with van der Waals surface area (Å²) in [6.07, 6.45) is 0.0728. The third-order valence-corrected chi connectivity index (χ3v) is 3.15. The Morgan fingerprint density at radius 3 is 2.53 bits per heavy atom. The molecule has 0 amide bonds. The lowest BCUT2D eigenvalue weighted by molar-refractivity contribution is 0.231. The monoisotopic (exact) mass is 280 g/mol. The van der Waals surface area contributed by atoms with Crippen LogP contribution in [0.15, 0.2) is 18.2 Å². The summed E-state index contributed by atoms with van der Waals surface area (Å²) < 4.78 is 40.2. The summed E-state index contributed by atoms with van der Waals surface area (Å²) in [5.74, 6) is -0.543. The third kappa shape index (κ3) is 5.37. The average molecular weight is 281 g/mol. The molecule has 1 rings (SSSR count). The van der Waals surface area contributed by atoms with Gasteiger partial charge in [0.05, 0.1) is 11.9 Å². The van der Waals surface area contributed by atoms with Gasteiger partial charge in [-0.1, -0.05) is 6.07 Å². The van der Waals surface area contributed by atoms with Crippen molar-refractivity contribution < 1.29 is 17.5 Å². The minimum atomic E-state index is -3.55. The Balaban J connectivity index is 2.75. The lowest BCUT2D eigenvalue weighted by Gasteiger charge is -2.11. The Hall–Kier alpha value is -0.810. The van der Waals surface area contributed by atoms with E-state index in [4.69, 9.17) is 15.4 Å². The van der Waals surface area contributed by atoms with Crippen molar-refractivity contribution in [2.24, 2.45) is 0 Å². The van der Waals surface area contributed by atoms with Gasteiger partial charge in [-0.25, -0.2) is 12.8 Å². The molecule has 1 aromatic rings. The minimum absolute atomic E-state index is 0.112. The fourth-order valence-corrected chi connectivity index (χ4v) is 2.00. The molecule has 0 heterocycles. The van der Waals surface area contributed by atoms with Crippen molar-refractivity contribution in [2.45, 2.75) is 26.4 Å². The molecule has 17 heavy (non-hydrogen) atoms. The number of hydrogen-bond acceptors (Lipinski definition) is 3. The average Bonchev–Trinajstić information content (AvgIpc) is 2.17. The smallest absolute Gasteiger partial charge is 0.232 e. The van der Waals surface area contributed by atoms with E-state index in [0.29, 0.717) is 5.56 Å². The van der Waals surface area contributed by atoms with Gasteiger partial charge in [0, 0.05) is 10.7 Å². The second kappa shape index (κ2) is 5.69. The molecule has 1 aromatic carbocycles. The van der Waals surface area contributed by atoms with Crippen molar-refractivity contribution in [3.63, 3.8) is 0 Å². The Kier molecular flexibility index (Phi) is 4.77. The summed E-state index contributed by atoms with van der Waals surface area (Å²) in [7, 11) is 1.53. The van der Waals surface area contributed by atoms with Gasteiger partial charge < -0.3 is 4.74 Å². The summed E-state index contributed by atoms with van der Waals surface area (Å²) in [5.41, 5.74) is 0.572. The van der Waals surface area contributed by atoms with E-state index in [1.165, 1.54) is 12.1 Å². The maximum absolute atomic E-state index is 13.5. The highest BCUT2D eigenvalue weighted by atomic mass is 35.7. The lowest BCUT2D eigenvalue weighted by atomic mass is 10.1. The number of halogens is 2. The predicted octanol–water partition coefficient (Wildman–Crippen LogP) is 2.72. The normalized spacial score (nSPS) is 11.8. The van der Waals surface area contributed by atoms with Gasteiger partial charge in [-0.15, -0.1) is 0 Å². The van der Waals surface area contributed by atoms with Crippen LogP contribution >= 0.6 is 10.7 Å². The fourth-order valence-electron chi connectivity index (χ4n) is 1.29. The van der Waals surface area contributed by atoms with E-state index in [1.54, 1.807) is 19.9 Å². The molecule has 0 fully saturated rings. The summed E-state index contributed by atoms with van der Waals surface area (Å²) in [6, 6.07) is 4.38.